The zero-order chi connectivity index (χ0) is 17.6. The van der Waals surface area contributed by atoms with Gasteiger partial charge in [-0.15, -0.1) is 0 Å². The second-order valence-electron chi connectivity index (χ2n) is 6.77. The number of H-pyrrole nitrogens is 1. The van der Waals surface area contributed by atoms with Gasteiger partial charge in [-0.05, 0) is 38.1 Å². The average molecular weight is 337 g/mol. The van der Waals surface area contributed by atoms with Crippen molar-refractivity contribution in [2.75, 3.05) is 0 Å². The minimum Gasteiger partial charge on any atom is -0.485 e. The topological polar surface area (TPSA) is 80.1 Å². The lowest BCUT2D eigenvalue weighted by molar-refractivity contribution is -0.0513. The van der Waals surface area contributed by atoms with E-state index in [2.05, 4.69) is 9.97 Å². The quantitative estimate of drug-likeness (QED) is 0.751. The van der Waals surface area contributed by atoms with E-state index in [1.165, 1.54) is 0 Å². The maximum atomic E-state index is 12.4. The molecule has 25 heavy (non-hydrogen) atoms. The summed E-state index contributed by atoms with van der Waals surface area (Å²) in [6.07, 6.45) is 5.98. The van der Waals surface area contributed by atoms with Crippen LogP contribution in [0.3, 0.4) is 0 Å². The Balaban J connectivity index is 1.93. The monoisotopic (exact) mass is 337 g/mol. The highest BCUT2D eigenvalue weighted by Crippen LogP contribution is 2.44. The molecule has 0 spiro atoms. The third kappa shape index (κ3) is 2.55. The second-order valence-corrected chi connectivity index (χ2v) is 6.77. The van der Waals surface area contributed by atoms with Crippen molar-refractivity contribution in [3.05, 3.63) is 76.7 Å². The van der Waals surface area contributed by atoms with E-state index in [0.29, 0.717) is 11.3 Å². The molecular formula is C19H19N3O3. The van der Waals surface area contributed by atoms with Gasteiger partial charge in [0.05, 0.1) is 6.33 Å². The Morgan fingerprint density at radius 2 is 2.12 bits per heavy atom. The number of rotatable bonds is 2. The van der Waals surface area contributed by atoms with Crippen molar-refractivity contribution < 1.29 is 9.84 Å². The van der Waals surface area contributed by atoms with E-state index < -0.39 is 17.6 Å². The SMILES string of the molecule is CC1(C)Oc2ccc(-n3ccnc3)cc2C(c2ccc[nH]c2=O)C1O. The molecule has 0 bridgehead atoms. The van der Waals surface area contributed by atoms with Gasteiger partial charge in [-0.2, -0.15) is 0 Å². The first kappa shape index (κ1) is 15.7. The number of hydrogen-bond donors (Lipinski definition) is 2. The molecule has 4 rings (SSSR count). The summed E-state index contributed by atoms with van der Waals surface area (Å²) >= 11 is 0. The van der Waals surface area contributed by atoms with Gasteiger partial charge in [-0.25, -0.2) is 4.98 Å². The second kappa shape index (κ2) is 5.60. The van der Waals surface area contributed by atoms with E-state index in [1.54, 1.807) is 30.9 Å². The third-order valence-corrected chi connectivity index (χ3v) is 4.72. The first-order valence-electron chi connectivity index (χ1n) is 8.14. The number of aromatic nitrogens is 3. The fraction of sp³-hybridized carbons (Fsp3) is 0.263. The number of imidazole rings is 1. The van der Waals surface area contributed by atoms with Crippen LogP contribution in [0.5, 0.6) is 5.75 Å². The maximum absolute atomic E-state index is 12.4. The van der Waals surface area contributed by atoms with Crippen molar-refractivity contribution in [1.29, 1.82) is 0 Å². The largest absolute Gasteiger partial charge is 0.485 e. The van der Waals surface area contributed by atoms with Gasteiger partial charge in [0.15, 0.2) is 0 Å². The van der Waals surface area contributed by atoms with Gasteiger partial charge in [0.25, 0.3) is 5.56 Å². The van der Waals surface area contributed by atoms with E-state index >= 15 is 0 Å². The number of nitrogens with zero attached hydrogens (tertiary/aromatic N) is 2. The lowest BCUT2D eigenvalue weighted by Crippen LogP contribution is -2.50. The van der Waals surface area contributed by atoms with Crippen LogP contribution in [0, 0.1) is 0 Å². The van der Waals surface area contributed by atoms with Gasteiger partial charge in [-0.1, -0.05) is 6.07 Å². The molecule has 3 aromatic rings. The molecule has 0 fully saturated rings. The summed E-state index contributed by atoms with van der Waals surface area (Å²) in [5.41, 5.74) is 1.19. The van der Waals surface area contributed by atoms with Crippen LogP contribution >= 0.6 is 0 Å². The standard InChI is InChI=1S/C19H19N3O3/c1-19(2)17(23)16(13-4-3-7-21-18(13)24)14-10-12(5-6-15(14)25-19)22-9-8-20-11-22/h3-11,16-17,23H,1-2H3,(H,21,24). The summed E-state index contributed by atoms with van der Waals surface area (Å²) in [5.74, 6) is 0.194. The Hall–Kier alpha value is -2.86. The van der Waals surface area contributed by atoms with Gasteiger partial charge in [-0.3, -0.25) is 4.79 Å². The number of aliphatic hydroxyl groups excluding tert-OH is 1. The predicted octanol–water partition coefficient (Wildman–Crippen LogP) is 2.22. The Labute approximate surface area is 144 Å². The number of aromatic amines is 1. The van der Waals surface area contributed by atoms with E-state index in [0.717, 1.165) is 11.3 Å². The lowest BCUT2D eigenvalue weighted by Gasteiger charge is -2.42. The molecule has 0 saturated heterocycles. The summed E-state index contributed by atoms with van der Waals surface area (Å²) in [5, 5.41) is 10.9. The Morgan fingerprint density at radius 3 is 2.84 bits per heavy atom. The Morgan fingerprint density at radius 1 is 1.28 bits per heavy atom. The first-order chi connectivity index (χ1) is 12.0. The van der Waals surface area contributed by atoms with Crippen LogP contribution < -0.4 is 10.3 Å². The zero-order valence-corrected chi connectivity index (χ0v) is 14.0. The fourth-order valence-electron chi connectivity index (χ4n) is 3.38. The van der Waals surface area contributed by atoms with E-state index in [1.807, 2.05) is 42.8 Å². The maximum Gasteiger partial charge on any atom is 0.251 e. The lowest BCUT2D eigenvalue weighted by atomic mass is 9.77. The molecule has 1 aromatic carbocycles. The molecule has 0 radical (unpaired) electrons. The number of hydrogen-bond acceptors (Lipinski definition) is 4. The van der Waals surface area contributed by atoms with Crippen LogP contribution in [0.25, 0.3) is 5.69 Å². The van der Waals surface area contributed by atoms with Crippen LogP contribution in [0.15, 0.2) is 60.0 Å². The summed E-state index contributed by atoms with van der Waals surface area (Å²) < 4.78 is 7.88. The molecule has 2 atom stereocenters. The minimum absolute atomic E-state index is 0.205. The molecular weight excluding hydrogens is 318 g/mol. The van der Waals surface area contributed by atoms with Crippen LogP contribution in [-0.2, 0) is 0 Å². The normalized spacial score (nSPS) is 21.4. The predicted molar refractivity (Wildman–Crippen MR) is 93.2 cm³/mol. The Kier molecular flexibility index (Phi) is 3.51. The number of benzene rings is 1. The summed E-state index contributed by atoms with van der Waals surface area (Å²) in [4.78, 5) is 19.1. The highest BCUT2D eigenvalue weighted by Gasteiger charge is 2.44. The zero-order valence-electron chi connectivity index (χ0n) is 14.0. The van der Waals surface area contributed by atoms with Crippen LogP contribution in [0.1, 0.15) is 30.9 Å². The Bertz CT molecular complexity index is 960. The molecule has 6 nitrogen and oxygen atoms in total. The fourth-order valence-corrected chi connectivity index (χ4v) is 3.38. The van der Waals surface area contributed by atoms with Gasteiger partial charge >= 0.3 is 0 Å². The number of ether oxygens (including phenoxy) is 1. The highest BCUT2D eigenvalue weighted by molar-refractivity contribution is 5.51. The molecule has 1 aliphatic heterocycles. The van der Waals surface area contributed by atoms with Gasteiger partial charge < -0.3 is 19.4 Å². The molecule has 0 aliphatic carbocycles. The van der Waals surface area contributed by atoms with E-state index in [9.17, 15) is 9.90 Å². The first-order valence-corrected chi connectivity index (χ1v) is 8.14. The highest BCUT2D eigenvalue weighted by atomic mass is 16.5. The van der Waals surface area contributed by atoms with Crippen molar-refractivity contribution in [2.24, 2.45) is 0 Å². The summed E-state index contributed by atoms with van der Waals surface area (Å²) in [6.45, 7) is 3.66. The summed E-state index contributed by atoms with van der Waals surface area (Å²) in [6, 6.07) is 9.27. The molecule has 3 heterocycles. The van der Waals surface area contributed by atoms with Crippen molar-refractivity contribution in [2.45, 2.75) is 31.5 Å². The van der Waals surface area contributed by atoms with Gasteiger partial charge in [0, 0.05) is 41.3 Å². The number of aliphatic hydroxyl groups is 1. The van der Waals surface area contributed by atoms with Gasteiger partial charge in [0.2, 0.25) is 0 Å². The summed E-state index contributed by atoms with van der Waals surface area (Å²) in [7, 11) is 0. The van der Waals surface area contributed by atoms with Crippen molar-refractivity contribution >= 4 is 0 Å². The minimum atomic E-state index is -0.860. The van der Waals surface area contributed by atoms with Crippen LogP contribution in [0.4, 0.5) is 0 Å². The molecule has 128 valence electrons. The van der Waals surface area contributed by atoms with Crippen molar-refractivity contribution in [3.8, 4) is 11.4 Å². The smallest absolute Gasteiger partial charge is 0.251 e. The van der Waals surface area contributed by atoms with Crippen molar-refractivity contribution in [1.82, 2.24) is 14.5 Å². The molecule has 1 aliphatic rings. The van der Waals surface area contributed by atoms with Crippen LogP contribution in [0.2, 0.25) is 0 Å². The molecule has 0 amide bonds. The van der Waals surface area contributed by atoms with Crippen molar-refractivity contribution in [3.63, 3.8) is 0 Å². The number of nitrogens with one attached hydrogen (secondary N) is 1. The number of pyridine rings is 1. The molecule has 2 N–H and O–H groups in total. The van der Waals surface area contributed by atoms with E-state index in [-0.39, 0.29) is 5.56 Å². The third-order valence-electron chi connectivity index (χ3n) is 4.72. The van der Waals surface area contributed by atoms with Gasteiger partial charge in [0.1, 0.15) is 17.5 Å². The van der Waals surface area contributed by atoms with Crippen LogP contribution in [-0.4, -0.2) is 31.3 Å². The van der Waals surface area contributed by atoms with E-state index in [4.69, 9.17) is 4.74 Å². The average Bonchev–Trinajstić information content (AvgIpc) is 3.11. The number of fused-ring (bicyclic) bond motifs is 1. The molecule has 6 heteroatoms. The molecule has 0 saturated carbocycles. The molecule has 2 unspecified atom stereocenters. The molecule has 2 aromatic heterocycles.